The van der Waals surface area contributed by atoms with Crippen LogP contribution in [-0.2, 0) is 40.0 Å². The number of carbonyl (C=O) groups is 7. The first kappa shape index (κ1) is 43.4. The number of H-pyrrole nitrogens is 1. The highest BCUT2D eigenvalue weighted by Crippen LogP contribution is 2.10. The van der Waals surface area contributed by atoms with E-state index >= 15 is 0 Å². The Kier molecular flexibility index (Phi) is 18.0. The lowest BCUT2D eigenvalue weighted by molar-refractivity contribution is -0.143. The first-order chi connectivity index (χ1) is 23.2. The van der Waals surface area contributed by atoms with Gasteiger partial charge in [0.05, 0.1) is 18.5 Å². The molecule has 0 unspecified atom stereocenters. The number of aliphatic hydroxyl groups excluding tert-OH is 2. The molecule has 0 spiro atoms. The van der Waals surface area contributed by atoms with Gasteiger partial charge in [-0.25, -0.2) is 9.78 Å². The molecule has 12 N–H and O–H groups in total. The predicted molar refractivity (Wildman–Crippen MR) is 177 cm³/mol. The van der Waals surface area contributed by atoms with Crippen molar-refractivity contribution in [3.63, 3.8) is 0 Å². The van der Waals surface area contributed by atoms with Crippen molar-refractivity contribution >= 4 is 41.5 Å². The molecule has 1 heterocycles. The third-order valence-corrected chi connectivity index (χ3v) is 7.44. The van der Waals surface area contributed by atoms with Crippen LogP contribution >= 0.6 is 0 Å². The molecule has 0 aromatic carbocycles. The van der Waals surface area contributed by atoms with Crippen LogP contribution in [0.3, 0.4) is 0 Å². The minimum absolute atomic E-state index is 0.0529. The minimum atomic E-state index is -1.69. The zero-order valence-corrected chi connectivity index (χ0v) is 29.1. The van der Waals surface area contributed by atoms with Crippen molar-refractivity contribution in [2.45, 2.75) is 122 Å². The van der Waals surface area contributed by atoms with E-state index in [2.05, 4.69) is 36.6 Å². The number of aromatic amines is 1. The molecule has 0 aliphatic rings. The number of carboxylic acids is 2. The van der Waals surface area contributed by atoms with Crippen molar-refractivity contribution in [3.05, 3.63) is 18.2 Å². The number of aromatic nitrogens is 2. The number of carbonyl (C=O) groups excluding carboxylic acids is 5. The van der Waals surface area contributed by atoms with Gasteiger partial charge < -0.3 is 57.7 Å². The number of hydrogen-bond acceptors (Lipinski definition) is 11. The Bertz CT molecular complexity index is 1300. The fraction of sp³-hybridized carbons (Fsp3) is 0.677. The van der Waals surface area contributed by atoms with Crippen LogP contribution in [-0.4, -0.2) is 120 Å². The number of hydrogen-bond donors (Lipinski definition) is 11. The summed E-state index contributed by atoms with van der Waals surface area (Å²) in [4.78, 5) is 96.0. The van der Waals surface area contributed by atoms with Gasteiger partial charge in [-0.3, -0.25) is 28.8 Å². The first-order valence-corrected chi connectivity index (χ1v) is 16.3. The van der Waals surface area contributed by atoms with Crippen LogP contribution in [0.1, 0.15) is 72.9 Å². The molecule has 1 aromatic heterocycles. The maximum atomic E-state index is 13.7. The second-order valence-corrected chi connectivity index (χ2v) is 13.0. The second kappa shape index (κ2) is 20.8. The molecule has 1 aromatic rings. The van der Waals surface area contributed by atoms with Crippen LogP contribution in [0.15, 0.2) is 12.5 Å². The molecule has 0 aliphatic heterocycles. The van der Waals surface area contributed by atoms with Crippen molar-refractivity contribution in [1.82, 2.24) is 36.6 Å². The highest BCUT2D eigenvalue weighted by molar-refractivity contribution is 5.96. The topological polar surface area (TPSA) is 315 Å². The monoisotopic (exact) mass is 712 g/mol. The zero-order chi connectivity index (χ0) is 38.3. The van der Waals surface area contributed by atoms with Crippen LogP contribution in [0.4, 0.5) is 0 Å². The zero-order valence-electron chi connectivity index (χ0n) is 29.1. The number of aliphatic hydroxyl groups is 2. The number of nitrogens with two attached hydrogens (primary N) is 1. The van der Waals surface area contributed by atoms with Gasteiger partial charge in [0.25, 0.3) is 0 Å². The number of nitrogens with one attached hydrogen (secondary N) is 6. The van der Waals surface area contributed by atoms with E-state index < -0.39 is 103 Å². The molecule has 1 rings (SSSR count). The number of amides is 5. The lowest BCUT2D eigenvalue weighted by Gasteiger charge is -2.28. The Hall–Kier alpha value is -4.62. The van der Waals surface area contributed by atoms with E-state index in [0.717, 1.165) is 0 Å². The van der Waals surface area contributed by atoms with Gasteiger partial charge in [-0.05, 0) is 44.9 Å². The summed E-state index contributed by atoms with van der Waals surface area (Å²) >= 11 is 0. The summed E-state index contributed by atoms with van der Waals surface area (Å²) in [6.45, 7) is 9.52. The number of rotatable bonds is 22. The molecule has 282 valence electrons. The Balaban J connectivity index is 3.33. The molecule has 19 nitrogen and oxygen atoms in total. The average Bonchev–Trinajstić information content (AvgIpc) is 3.52. The number of aliphatic carboxylic acids is 2. The van der Waals surface area contributed by atoms with Gasteiger partial charge in [0.1, 0.15) is 36.3 Å². The van der Waals surface area contributed by atoms with Gasteiger partial charge in [0.2, 0.25) is 29.5 Å². The van der Waals surface area contributed by atoms with Crippen LogP contribution in [0.25, 0.3) is 0 Å². The lowest BCUT2D eigenvalue weighted by atomic mass is 10.0. The van der Waals surface area contributed by atoms with Crippen molar-refractivity contribution in [1.29, 1.82) is 0 Å². The second-order valence-electron chi connectivity index (χ2n) is 13.0. The van der Waals surface area contributed by atoms with Gasteiger partial charge in [0, 0.05) is 24.7 Å². The molecule has 0 saturated heterocycles. The normalized spacial score (nSPS) is 16.1. The molecule has 8 atom stereocenters. The van der Waals surface area contributed by atoms with E-state index in [4.69, 9.17) is 5.73 Å². The van der Waals surface area contributed by atoms with Gasteiger partial charge in [-0.15, -0.1) is 0 Å². The van der Waals surface area contributed by atoms with Crippen LogP contribution in [0.2, 0.25) is 0 Å². The van der Waals surface area contributed by atoms with Gasteiger partial charge in [0.15, 0.2) is 0 Å². The predicted octanol–water partition coefficient (Wildman–Crippen LogP) is -2.49. The minimum Gasteiger partial charge on any atom is -0.481 e. The highest BCUT2D eigenvalue weighted by atomic mass is 16.4. The largest absolute Gasteiger partial charge is 0.481 e. The Morgan fingerprint density at radius 2 is 1.20 bits per heavy atom. The molecular weight excluding hydrogens is 660 g/mol. The number of carboxylic acid groups (broad SMARTS) is 2. The van der Waals surface area contributed by atoms with E-state index in [0.29, 0.717) is 5.69 Å². The van der Waals surface area contributed by atoms with Crippen LogP contribution < -0.4 is 32.3 Å². The van der Waals surface area contributed by atoms with E-state index in [1.54, 1.807) is 27.7 Å². The van der Waals surface area contributed by atoms with Crippen molar-refractivity contribution < 1.29 is 54.0 Å². The number of nitrogens with zero attached hydrogens (tertiary/aromatic N) is 1. The molecule has 5 amide bonds. The molecule has 0 radical (unpaired) electrons. The van der Waals surface area contributed by atoms with Gasteiger partial charge in [-0.1, -0.05) is 27.7 Å². The van der Waals surface area contributed by atoms with E-state index in [-0.39, 0.29) is 31.1 Å². The quantitative estimate of drug-likeness (QED) is 0.0593. The summed E-state index contributed by atoms with van der Waals surface area (Å²) in [5.41, 5.74) is 6.11. The standard InChI is InChI=1S/C31H52N8O11/c1-14(2)9-20(37-29(47)24(32)16(5)40)27(45)36-21(11-18-12-33-13-34-18)28(46)35-19(7-8-23(42)43)26(44)39-25(17(6)41)30(48)38-22(31(49)50)10-15(3)4/h12-17,19-22,24-25,40-41H,7-11,32H2,1-6H3,(H,33,34)(H,35,46)(H,36,45)(H,37,47)(H,38,48)(H,39,44)(H,42,43)(H,49,50)/t16-,17-,19+,20+,21+,22+,24+,25+/m1/s1. The molecule has 50 heavy (non-hydrogen) atoms. The molecule has 0 fully saturated rings. The summed E-state index contributed by atoms with van der Waals surface area (Å²) < 4.78 is 0. The summed E-state index contributed by atoms with van der Waals surface area (Å²) in [5, 5.41) is 50.8. The van der Waals surface area contributed by atoms with Crippen LogP contribution in [0, 0.1) is 11.8 Å². The average molecular weight is 713 g/mol. The third-order valence-electron chi connectivity index (χ3n) is 7.44. The number of imidazole rings is 1. The Labute approximate surface area is 289 Å². The lowest BCUT2D eigenvalue weighted by Crippen LogP contribution is -2.61. The third kappa shape index (κ3) is 15.3. The van der Waals surface area contributed by atoms with Gasteiger partial charge in [-0.2, -0.15) is 0 Å². The van der Waals surface area contributed by atoms with E-state index in [9.17, 15) is 54.0 Å². The summed E-state index contributed by atoms with van der Waals surface area (Å²) in [7, 11) is 0. The van der Waals surface area contributed by atoms with Crippen LogP contribution in [0.5, 0.6) is 0 Å². The fourth-order valence-electron chi connectivity index (χ4n) is 4.71. The van der Waals surface area contributed by atoms with Crippen molar-refractivity contribution in [2.75, 3.05) is 0 Å². The Morgan fingerprint density at radius 1 is 0.700 bits per heavy atom. The fourth-order valence-corrected chi connectivity index (χ4v) is 4.71. The Morgan fingerprint density at radius 3 is 1.68 bits per heavy atom. The van der Waals surface area contributed by atoms with Crippen molar-refractivity contribution in [2.24, 2.45) is 17.6 Å². The molecule has 0 aliphatic carbocycles. The summed E-state index contributed by atoms with van der Waals surface area (Å²) in [6, 6.07) is -8.56. The van der Waals surface area contributed by atoms with E-state index in [1.807, 2.05) is 0 Å². The van der Waals surface area contributed by atoms with E-state index in [1.165, 1.54) is 26.4 Å². The first-order valence-electron chi connectivity index (χ1n) is 16.3. The maximum absolute atomic E-state index is 13.7. The SMILES string of the molecule is CC(C)C[C@H](NC(=O)[C@@H](NC(=O)[C@H](CCC(=O)O)NC(=O)[C@H](Cc1cnc[nH]1)NC(=O)[C@H](CC(C)C)NC(=O)[C@@H](N)[C@@H](C)O)[C@@H](C)O)C(=O)O. The maximum Gasteiger partial charge on any atom is 0.326 e. The highest BCUT2D eigenvalue weighted by Gasteiger charge is 2.35. The molecule has 0 bridgehead atoms. The smallest absolute Gasteiger partial charge is 0.326 e. The molecular formula is C31H52N8O11. The summed E-state index contributed by atoms with van der Waals surface area (Å²) in [6.07, 6.45) is -1.15. The molecule has 19 heteroatoms. The van der Waals surface area contributed by atoms with Crippen molar-refractivity contribution in [3.8, 4) is 0 Å². The van der Waals surface area contributed by atoms with Gasteiger partial charge >= 0.3 is 11.9 Å². The molecule has 0 saturated carbocycles. The summed E-state index contributed by atoms with van der Waals surface area (Å²) in [5.74, 6) is -7.54.